The molecule has 1 N–H and O–H groups in total. The zero-order valence-electron chi connectivity index (χ0n) is 18.8. The van der Waals surface area contributed by atoms with Gasteiger partial charge in [0.05, 0.1) is 19.8 Å². The third kappa shape index (κ3) is 5.48. The maximum Gasteiger partial charge on any atom is 0.278 e. The van der Waals surface area contributed by atoms with Crippen LogP contribution >= 0.6 is 0 Å². The zero-order chi connectivity index (χ0) is 22.9. The van der Waals surface area contributed by atoms with Crippen molar-refractivity contribution >= 4 is 23.1 Å². The summed E-state index contributed by atoms with van der Waals surface area (Å²) in [6.07, 6.45) is 2.65. The van der Waals surface area contributed by atoms with Crippen LogP contribution < -0.4 is 14.8 Å². The Morgan fingerprint density at radius 3 is 2.16 bits per heavy atom. The van der Waals surface area contributed by atoms with Crippen molar-refractivity contribution in [2.45, 2.75) is 26.2 Å². The van der Waals surface area contributed by atoms with Crippen LogP contribution in [0.3, 0.4) is 0 Å². The molecule has 7 nitrogen and oxygen atoms in total. The Morgan fingerprint density at radius 2 is 1.53 bits per heavy atom. The summed E-state index contributed by atoms with van der Waals surface area (Å²) < 4.78 is 16.2. The Morgan fingerprint density at radius 1 is 0.875 bits per heavy atom. The quantitative estimate of drug-likeness (QED) is 0.397. The minimum atomic E-state index is -0.357. The van der Waals surface area contributed by atoms with E-state index in [1.165, 1.54) is 4.90 Å². The fourth-order valence-corrected chi connectivity index (χ4v) is 3.46. The van der Waals surface area contributed by atoms with Gasteiger partial charge >= 0.3 is 0 Å². The van der Waals surface area contributed by atoms with Crippen molar-refractivity contribution < 1.29 is 23.8 Å². The number of hydrogen-bond donors (Lipinski definition) is 1. The number of nitrogens with zero attached hydrogens (tertiary/aromatic N) is 1. The van der Waals surface area contributed by atoms with E-state index >= 15 is 0 Å². The minimum Gasteiger partial charge on any atom is -0.497 e. The lowest BCUT2D eigenvalue weighted by Gasteiger charge is -2.15. The lowest BCUT2D eigenvalue weighted by molar-refractivity contribution is -0.137. The summed E-state index contributed by atoms with van der Waals surface area (Å²) in [5, 5.41) is 3.14. The van der Waals surface area contributed by atoms with Gasteiger partial charge < -0.3 is 19.5 Å². The molecule has 3 rings (SSSR count). The van der Waals surface area contributed by atoms with Gasteiger partial charge in [0.1, 0.15) is 17.2 Å². The van der Waals surface area contributed by atoms with Gasteiger partial charge in [0, 0.05) is 43.6 Å². The first-order chi connectivity index (χ1) is 15.6. The van der Waals surface area contributed by atoms with Gasteiger partial charge in [-0.2, -0.15) is 0 Å². The van der Waals surface area contributed by atoms with Crippen molar-refractivity contribution in [3.8, 4) is 11.5 Å². The van der Waals surface area contributed by atoms with Crippen molar-refractivity contribution in [1.29, 1.82) is 0 Å². The average molecular weight is 439 g/mol. The number of carbonyl (C=O) groups is 2. The minimum absolute atomic E-state index is 0.239. The molecule has 0 unspecified atom stereocenters. The van der Waals surface area contributed by atoms with Crippen LogP contribution in [0.2, 0.25) is 0 Å². The summed E-state index contributed by atoms with van der Waals surface area (Å²) in [5.74, 6) is 0.481. The first kappa shape index (κ1) is 23.3. The normalized spacial score (nSPS) is 13.7. The van der Waals surface area contributed by atoms with Gasteiger partial charge in [0.25, 0.3) is 11.8 Å². The molecule has 0 aliphatic carbocycles. The molecule has 0 bridgehead atoms. The van der Waals surface area contributed by atoms with E-state index in [2.05, 4.69) is 12.2 Å². The number of amides is 2. The van der Waals surface area contributed by atoms with Crippen LogP contribution in [0.15, 0.2) is 54.2 Å². The van der Waals surface area contributed by atoms with Gasteiger partial charge in [-0.1, -0.05) is 43.7 Å². The van der Waals surface area contributed by atoms with Crippen LogP contribution in [0.25, 0.3) is 5.57 Å². The molecule has 1 aliphatic rings. The van der Waals surface area contributed by atoms with Gasteiger partial charge in [-0.3, -0.25) is 14.5 Å². The van der Waals surface area contributed by atoms with Crippen molar-refractivity contribution in [3.05, 3.63) is 59.8 Å². The predicted octanol–water partition coefficient (Wildman–Crippen LogP) is 4.10. The molecule has 7 heteroatoms. The Balaban J connectivity index is 1.85. The highest BCUT2D eigenvalue weighted by molar-refractivity contribution is 6.36. The van der Waals surface area contributed by atoms with Crippen LogP contribution in [0.5, 0.6) is 11.5 Å². The number of unbranched alkanes of at least 4 members (excludes halogenated alkanes) is 1. The standard InChI is InChI=1S/C25H30N2O5/c1-4-5-13-32-14-9-12-27-24(28)22(18-10-7-6-8-11-18)23(25(27)29)26-19-15-20(30-2)17-21(16-19)31-3/h6-8,10-11,15-17,26H,4-5,9,12-14H2,1-3H3. The average Bonchev–Trinajstić information content (AvgIpc) is 3.05. The molecule has 2 aromatic carbocycles. The van der Waals surface area contributed by atoms with Crippen LogP contribution in [-0.4, -0.2) is 50.7 Å². The summed E-state index contributed by atoms with van der Waals surface area (Å²) in [4.78, 5) is 27.8. The molecule has 0 saturated carbocycles. The number of anilines is 1. The molecule has 2 amide bonds. The van der Waals surface area contributed by atoms with Crippen LogP contribution in [0, 0.1) is 0 Å². The Bertz CT molecular complexity index is 949. The topological polar surface area (TPSA) is 77.1 Å². The fraction of sp³-hybridized carbons (Fsp3) is 0.360. The van der Waals surface area contributed by atoms with Gasteiger partial charge in [-0.25, -0.2) is 0 Å². The number of hydrogen-bond acceptors (Lipinski definition) is 6. The summed E-state index contributed by atoms with van der Waals surface area (Å²) in [6, 6.07) is 14.4. The van der Waals surface area contributed by atoms with E-state index in [0.29, 0.717) is 54.5 Å². The third-order valence-corrected chi connectivity index (χ3v) is 5.16. The van der Waals surface area contributed by atoms with Gasteiger partial charge in [-0.15, -0.1) is 0 Å². The lowest BCUT2D eigenvalue weighted by Crippen LogP contribution is -2.34. The van der Waals surface area contributed by atoms with E-state index < -0.39 is 0 Å². The first-order valence-corrected chi connectivity index (χ1v) is 10.8. The van der Waals surface area contributed by atoms with Crippen molar-refractivity contribution in [3.63, 3.8) is 0 Å². The summed E-state index contributed by atoms with van der Waals surface area (Å²) >= 11 is 0. The highest BCUT2D eigenvalue weighted by Crippen LogP contribution is 2.33. The molecule has 0 saturated heterocycles. The maximum absolute atomic E-state index is 13.3. The van der Waals surface area contributed by atoms with Crippen LogP contribution in [0.1, 0.15) is 31.7 Å². The molecule has 2 aromatic rings. The molecular formula is C25H30N2O5. The highest BCUT2D eigenvalue weighted by atomic mass is 16.5. The second-order valence-electron chi connectivity index (χ2n) is 7.42. The molecular weight excluding hydrogens is 408 g/mol. The molecule has 0 spiro atoms. The summed E-state index contributed by atoms with van der Waals surface area (Å²) in [5.41, 5.74) is 1.87. The van der Waals surface area contributed by atoms with E-state index in [-0.39, 0.29) is 17.5 Å². The van der Waals surface area contributed by atoms with Crippen LogP contribution in [0.4, 0.5) is 5.69 Å². The largest absolute Gasteiger partial charge is 0.497 e. The van der Waals surface area contributed by atoms with E-state index in [0.717, 1.165) is 12.8 Å². The van der Waals surface area contributed by atoms with E-state index in [4.69, 9.17) is 14.2 Å². The molecule has 1 aliphatic heterocycles. The predicted molar refractivity (Wildman–Crippen MR) is 124 cm³/mol. The van der Waals surface area contributed by atoms with Gasteiger partial charge in [0.15, 0.2) is 0 Å². The van der Waals surface area contributed by atoms with E-state index in [9.17, 15) is 9.59 Å². The first-order valence-electron chi connectivity index (χ1n) is 10.8. The molecule has 170 valence electrons. The van der Waals surface area contributed by atoms with Crippen LogP contribution in [-0.2, 0) is 14.3 Å². The van der Waals surface area contributed by atoms with Gasteiger partial charge in [0.2, 0.25) is 0 Å². The summed E-state index contributed by atoms with van der Waals surface area (Å²) in [7, 11) is 3.11. The van der Waals surface area contributed by atoms with E-state index in [1.807, 2.05) is 30.3 Å². The fourth-order valence-electron chi connectivity index (χ4n) is 3.46. The molecule has 32 heavy (non-hydrogen) atoms. The smallest absolute Gasteiger partial charge is 0.278 e. The Kier molecular flexibility index (Phi) is 8.27. The van der Waals surface area contributed by atoms with E-state index in [1.54, 1.807) is 32.4 Å². The Labute approximate surface area is 189 Å². The lowest BCUT2D eigenvalue weighted by atomic mass is 10.0. The Hall–Kier alpha value is -3.32. The van der Waals surface area contributed by atoms with Gasteiger partial charge in [-0.05, 0) is 18.4 Å². The SMILES string of the molecule is CCCCOCCCN1C(=O)C(Nc2cc(OC)cc(OC)c2)=C(c2ccccc2)C1=O. The second-order valence-corrected chi connectivity index (χ2v) is 7.42. The van der Waals surface area contributed by atoms with Crippen molar-refractivity contribution in [1.82, 2.24) is 4.90 Å². The summed E-state index contributed by atoms with van der Waals surface area (Å²) in [6.45, 7) is 3.60. The maximum atomic E-state index is 13.3. The second kappa shape index (κ2) is 11.3. The zero-order valence-corrected chi connectivity index (χ0v) is 18.8. The monoisotopic (exact) mass is 438 g/mol. The molecule has 0 aromatic heterocycles. The number of methoxy groups -OCH3 is 2. The molecule has 0 radical (unpaired) electrons. The molecule has 0 fully saturated rings. The number of nitrogens with one attached hydrogen (secondary N) is 1. The number of ether oxygens (including phenoxy) is 3. The number of carbonyl (C=O) groups excluding carboxylic acids is 2. The van der Waals surface area contributed by atoms with Crippen molar-refractivity contribution in [2.75, 3.05) is 39.3 Å². The number of imide groups is 1. The third-order valence-electron chi connectivity index (χ3n) is 5.16. The van der Waals surface area contributed by atoms with Crippen molar-refractivity contribution in [2.24, 2.45) is 0 Å². The molecule has 0 atom stereocenters. The number of benzene rings is 2. The highest BCUT2D eigenvalue weighted by Gasteiger charge is 2.38. The number of rotatable bonds is 12. The molecule has 1 heterocycles.